The molecule has 2 saturated heterocycles. The Morgan fingerprint density at radius 1 is 0.909 bits per heavy atom. The molecule has 2 aromatic heterocycles. The predicted octanol–water partition coefficient (Wildman–Crippen LogP) is 2.43. The fourth-order valence-corrected chi connectivity index (χ4v) is 7.76. The molecule has 7 atom stereocenters. The van der Waals surface area contributed by atoms with Crippen molar-refractivity contribution in [2.24, 2.45) is 5.92 Å². The van der Waals surface area contributed by atoms with Crippen LogP contribution in [0.1, 0.15) is 46.1 Å². The van der Waals surface area contributed by atoms with E-state index in [2.05, 4.69) is 16.9 Å². The number of nitriles is 1. The largest absolute Gasteiger partial charge is 0.493 e. The molecule has 0 unspecified atom stereocenters. The van der Waals surface area contributed by atoms with Crippen LogP contribution in [-0.4, -0.2) is 169 Å². The molecular weight excluding hydrogens is 885 g/mol. The summed E-state index contributed by atoms with van der Waals surface area (Å²) in [7, 11) is 7.74. The quantitative estimate of drug-likeness (QED) is 0.121. The van der Waals surface area contributed by atoms with Crippen molar-refractivity contribution in [3.63, 3.8) is 0 Å². The van der Waals surface area contributed by atoms with E-state index in [1.807, 2.05) is 18.0 Å². The number of hydrogen-bond donors (Lipinski definition) is 0. The first kappa shape index (κ1) is 50.2. The number of likely N-dealkylation sites (N-methyl/N-ethyl adjacent to an activating group) is 3. The lowest BCUT2D eigenvalue weighted by atomic mass is 9.92. The number of amides is 2. The Morgan fingerprint density at radius 3 is 2.23 bits per heavy atom. The van der Waals surface area contributed by atoms with Gasteiger partial charge in [-0.25, -0.2) is 19.6 Å². The van der Waals surface area contributed by atoms with Gasteiger partial charge in [-0.05, 0) is 48.3 Å². The minimum atomic E-state index is -1.65. The number of ether oxygens (including phenoxy) is 8. The van der Waals surface area contributed by atoms with Gasteiger partial charge in [0.15, 0.2) is 35.5 Å². The van der Waals surface area contributed by atoms with Crippen LogP contribution in [-0.2, 0) is 59.0 Å². The van der Waals surface area contributed by atoms with Crippen LogP contribution < -0.4 is 14.4 Å². The second-order valence-corrected chi connectivity index (χ2v) is 16.0. The normalized spacial score (nSPS) is 21.3. The van der Waals surface area contributed by atoms with Gasteiger partial charge >= 0.3 is 29.9 Å². The molecule has 0 saturated carbocycles. The summed E-state index contributed by atoms with van der Waals surface area (Å²) in [5, 5.41) is 9.85. The number of methoxy groups -OCH3 is 2. The minimum absolute atomic E-state index is 0.00667. The summed E-state index contributed by atoms with van der Waals surface area (Å²) in [5.74, 6) is -2.59. The summed E-state index contributed by atoms with van der Waals surface area (Å²) >= 11 is 5.55. The first-order valence-corrected chi connectivity index (χ1v) is 21.2. The Labute approximate surface area is 386 Å². The highest BCUT2D eigenvalue weighted by Crippen LogP contribution is 2.36. The van der Waals surface area contributed by atoms with E-state index in [1.54, 1.807) is 48.3 Å². The smallest absolute Gasteiger partial charge is 0.339 e. The summed E-state index contributed by atoms with van der Waals surface area (Å²) in [6, 6.07) is 8.05. The summed E-state index contributed by atoms with van der Waals surface area (Å²) in [4.78, 5) is 91.4. The van der Waals surface area contributed by atoms with E-state index >= 15 is 0 Å². The molecule has 0 radical (unpaired) electrons. The lowest BCUT2D eigenvalue weighted by Crippen LogP contribution is -2.64. The number of fused-ring (bicyclic) bond motifs is 1. The van der Waals surface area contributed by atoms with Crippen molar-refractivity contribution in [3.05, 3.63) is 42.4 Å². The van der Waals surface area contributed by atoms with Crippen LogP contribution in [0.3, 0.4) is 0 Å². The maximum Gasteiger partial charge on any atom is 0.339 e. The molecule has 2 fully saturated rings. The van der Waals surface area contributed by atoms with Gasteiger partial charge in [-0.2, -0.15) is 5.26 Å². The summed E-state index contributed by atoms with van der Waals surface area (Å²) in [6.45, 7) is 6.97. The van der Waals surface area contributed by atoms with E-state index in [4.69, 9.17) is 55.4 Å². The number of likely N-dealkylation sites (tertiary alicyclic amines) is 1. The monoisotopic (exact) mass is 938 g/mol. The minimum Gasteiger partial charge on any atom is -0.493 e. The van der Waals surface area contributed by atoms with E-state index < -0.39 is 54.6 Å². The number of carbonyl (C=O) groups is 6. The van der Waals surface area contributed by atoms with Crippen LogP contribution in [0.2, 0.25) is 0 Å². The molecule has 4 heterocycles. The van der Waals surface area contributed by atoms with E-state index in [0.717, 1.165) is 34.3 Å². The molecule has 23 heteroatoms. The number of piperidine rings is 1. The van der Waals surface area contributed by atoms with Gasteiger partial charge in [0.05, 0.1) is 31.7 Å². The first-order valence-electron chi connectivity index (χ1n) is 20.8. The summed E-state index contributed by atoms with van der Waals surface area (Å²) < 4.78 is 45.9. The standard InChI is InChI=1S/C43H54N8O14S/c1-24-13-16-50(33(55)12-15-44)21-30(24)49(7)38-29-14-17-51(39(29)46-23-45-38)42(57)47(5)18-19-48(6)43(66)60-22-28-10-11-31(32(20-28)58-8)64-41-37(63-27(4)54)35(62-26(3)53)34(61-25(2)52)36(65-41)40(56)59-9/h10-11,14,17,20,23-24,30,34-37,41H,12-13,16,18-19,21-22H2,1-9H3/t24-,30+,34+,35+,36+,37-,41-/m1/s1. The van der Waals surface area contributed by atoms with Gasteiger partial charge in [-0.3, -0.25) is 23.7 Å². The van der Waals surface area contributed by atoms with Crippen molar-refractivity contribution in [2.45, 2.75) is 83.9 Å². The number of anilines is 1. The Balaban J connectivity index is 1.21. The zero-order valence-corrected chi connectivity index (χ0v) is 39.0. The van der Waals surface area contributed by atoms with Crippen molar-refractivity contribution < 1.29 is 66.7 Å². The van der Waals surface area contributed by atoms with Crippen LogP contribution in [0, 0.1) is 17.2 Å². The maximum atomic E-state index is 13.7. The zero-order chi connectivity index (χ0) is 48.4. The van der Waals surface area contributed by atoms with Crippen molar-refractivity contribution in [1.29, 1.82) is 5.26 Å². The summed E-state index contributed by atoms with van der Waals surface area (Å²) in [5.41, 5.74) is 1.02. The van der Waals surface area contributed by atoms with Gasteiger partial charge in [-0.1, -0.05) is 13.0 Å². The predicted molar refractivity (Wildman–Crippen MR) is 235 cm³/mol. The number of carbonyl (C=O) groups excluding carboxylic acids is 6. The molecule has 356 valence electrons. The molecule has 66 heavy (non-hydrogen) atoms. The average molecular weight is 939 g/mol. The lowest BCUT2D eigenvalue weighted by Gasteiger charge is -2.43. The second kappa shape index (κ2) is 22.4. The van der Waals surface area contributed by atoms with Crippen LogP contribution in [0.15, 0.2) is 36.8 Å². The fourth-order valence-electron chi connectivity index (χ4n) is 7.61. The first-order chi connectivity index (χ1) is 31.4. The van der Waals surface area contributed by atoms with Gasteiger partial charge < -0.3 is 57.5 Å². The molecule has 2 aliphatic rings. The Kier molecular flexibility index (Phi) is 17.0. The molecular formula is C43H54N8O14S. The van der Waals surface area contributed by atoms with Crippen LogP contribution in [0.5, 0.6) is 11.5 Å². The van der Waals surface area contributed by atoms with Crippen LogP contribution in [0.4, 0.5) is 10.6 Å². The number of benzene rings is 1. The molecule has 2 amide bonds. The zero-order valence-electron chi connectivity index (χ0n) is 38.2. The molecule has 2 aliphatic heterocycles. The number of nitrogens with zero attached hydrogens (tertiary/aromatic N) is 8. The molecule has 3 aromatic rings. The van der Waals surface area contributed by atoms with Gasteiger partial charge in [0.2, 0.25) is 18.3 Å². The van der Waals surface area contributed by atoms with Crippen molar-refractivity contribution in [3.8, 4) is 17.6 Å². The third-order valence-corrected chi connectivity index (χ3v) is 11.5. The number of thiocarbonyl (C=S) groups is 1. The molecule has 5 rings (SSSR count). The topological polar surface area (TPSA) is 244 Å². The Hall–Kier alpha value is -6.80. The number of esters is 4. The van der Waals surface area contributed by atoms with E-state index in [-0.39, 0.29) is 60.1 Å². The highest BCUT2D eigenvalue weighted by atomic mass is 32.1. The molecule has 0 bridgehead atoms. The van der Waals surface area contributed by atoms with Gasteiger partial charge in [0, 0.05) is 74.3 Å². The Bertz CT molecular complexity index is 2340. The van der Waals surface area contributed by atoms with Gasteiger partial charge in [0.25, 0.3) is 5.17 Å². The highest BCUT2D eigenvalue weighted by Gasteiger charge is 2.56. The maximum absolute atomic E-state index is 13.7. The molecule has 0 N–H and O–H groups in total. The average Bonchev–Trinajstić information content (AvgIpc) is 3.72. The SMILES string of the molecule is COC(=O)[C@H]1O[C@@H](Oc2ccc(COC(=S)N(C)CCN(C)C(=O)n3ccc4c(N(C)[C@H]5CN(C(=O)CC#N)CC[C@H]5C)ncnc43)cc2OC)[C@H](OC(C)=O)[C@@H](OC(C)=O)[C@@H]1OC(C)=O. The van der Waals surface area contributed by atoms with Crippen molar-refractivity contribution >= 4 is 70.1 Å². The third-order valence-electron chi connectivity index (χ3n) is 11.1. The number of rotatable bonds is 15. The molecule has 0 aliphatic carbocycles. The van der Waals surface area contributed by atoms with Crippen molar-refractivity contribution in [1.82, 2.24) is 29.2 Å². The van der Waals surface area contributed by atoms with E-state index in [1.165, 1.54) is 29.0 Å². The van der Waals surface area contributed by atoms with Crippen LogP contribution in [0.25, 0.3) is 11.0 Å². The highest BCUT2D eigenvalue weighted by molar-refractivity contribution is 7.80. The fraction of sp³-hybridized carbons (Fsp3) is 0.535. The van der Waals surface area contributed by atoms with Crippen LogP contribution >= 0.6 is 12.2 Å². The molecule has 1 aromatic carbocycles. The van der Waals surface area contributed by atoms with Crippen molar-refractivity contribution in [2.75, 3.05) is 66.4 Å². The van der Waals surface area contributed by atoms with Gasteiger partial charge in [0.1, 0.15) is 25.2 Å². The number of aromatic nitrogens is 3. The molecule has 22 nitrogen and oxygen atoms in total. The van der Waals surface area contributed by atoms with Gasteiger partial charge in [-0.15, -0.1) is 0 Å². The van der Waals surface area contributed by atoms with E-state index in [0.29, 0.717) is 42.0 Å². The number of hydrogen-bond acceptors (Lipinski definition) is 19. The Morgan fingerprint density at radius 2 is 1.58 bits per heavy atom. The third kappa shape index (κ3) is 11.9. The summed E-state index contributed by atoms with van der Waals surface area (Å²) in [6.07, 6.45) is -4.23. The molecule has 0 spiro atoms. The van der Waals surface area contributed by atoms with E-state index in [9.17, 15) is 28.8 Å². The lowest BCUT2D eigenvalue weighted by molar-refractivity contribution is -0.282. The second-order valence-electron chi connectivity index (χ2n) is 15.7.